The van der Waals surface area contributed by atoms with Gasteiger partial charge in [0.05, 0.1) is 6.10 Å². The number of rotatable bonds is 5. The van der Waals surface area contributed by atoms with E-state index in [4.69, 9.17) is 4.74 Å². The topological polar surface area (TPSA) is 9.23 Å². The molecule has 0 aliphatic rings. The van der Waals surface area contributed by atoms with Crippen molar-refractivity contribution in [1.29, 1.82) is 0 Å². The van der Waals surface area contributed by atoms with Crippen molar-refractivity contribution in [2.24, 2.45) is 5.92 Å². The second kappa shape index (κ2) is 6.86. The van der Waals surface area contributed by atoms with Gasteiger partial charge in [0, 0.05) is 15.5 Å². The van der Waals surface area contributed by atoms with Gasteiger partial charge in [-0.3, -0.25) is 0 Å². The van der Waals surface area contributed by atoms with Crippen LogP contribution in [0.15, 0.2) is 28.7 Å². The van der Waals surface area contributed by atoms with Crippen LogP contribution in [0, 0.1) is 5.92 Å². The fourth-order valence-electron chi connectivity index (χ4n) is 1.22. The highest BCUT2D eigenvalue weighted by Crippen LogP contribution is 2.22. The molecule has 1 aromatic rings. The van der Waals surface area contributed by atoms with Gasteiger partial charge in [-0.15, -0.1) is 0 Å². The van der Waals surface area contributed by atoms with Gasteiger partial charge in [0.15, 0.2) is 0 Å². The molecule has 0 N–H and O–H groups in total. The molecule has 0 amide bonds. The van der Waals surface area contributed by atoms with Crippen LogP contribution in [0.4, 0.5) is 0 Å². The first kappa shape index (κ1) is 13.5. The molecule has 15 heavy (non-hydrogen) atoms. The normalized spacial score (nSPS) is 13.1. The largest absolute Gasteiger partial charge is 0.372 e. The summed E-state index contributed by atoms with van der Waals surface area (Å²) in [5.74, 6) is 0.589. The fourth-order valence-corrected chi connectivity index (χ4v) is 2.24. The van der Waals surface area contributed by atoms with E-state index in [0.717, 1.165) is 15.5 Å². The summed E-state index contributed by atoms with van der Waals surface area (Å²) in [6, 6.07) is 8.36. The molecule has 0 spiro atoms. The van der Waals surface area contributed by atoms with Crippen LogP contribution in [0.25, 0.3) is 0 Å². The van der Waals surface area contributed by atoms with Crippen LogP contribution in [0.3, 0.4) is 0 Å². The van der Waals surface area contributed by atoms with Gasteiger partial charge in [0.2, 0.25) is 0 Å². The Balaban J connectivity index is 2.61. The maximum absolute atomic E-state index is 5.86. The molecule has 3 heteroatoms. The van der Waals surface area contributed by atoms with Gasteiger partial charge >= 0.3 is 0 Å². The Bertz CT molecular complexity index is 284. The van der Waals surface area contributed by atoms with E-state index >= 15 is 0 Å². The van der Waals surface area contributed by atoms with Gasteiger partial charge in [-0.25, -0.2) is 0 Å². The first-order chi connectivity index (χ1) is 7.13. The Kier molecular flexibility index (Phi) is 6.16. The van der Waals surface area contributed by atoms with Crippen molar-refractivity contribution in [2.45, 2.75) is 20.0 Å². The van der Waals surface area contributed by atoms with Gasteiger partial charge in [0.25, 0.3) is 0 Å². The molecule has 0 fully saturated rings. The molecule has 0 radical (unpaired) electrons. The molecule has 0 aromatic heterocycles. The van der Waals surface area contributed by atoms with Crippen molar-refractivity contribution in [3.8, 4) is 0 Å². The zero-order valence-electron chi connectivity index (χ0n) is 9.04. The molecule has 1 aromatic carbocycles. The Morgan fingerprint density at radius 3 is 2.33 bits per heavy atom. The van der Waals surface area contributed by atoms with E-state index in [1.165, 1.54) is 5.56 Å². The summed E-state index contributed by atoms with van der Waals surface area (Å²) < 4.78 is 7.96. The van der Waals surface area contributed by atoms with E-state index in [1.807, 2.05) is 0 Å². The minimum absolute atomic E-state index is 0.223. The van der Waals surface area contributed by atoms with Crippen molar-refractivity contribution < 1.29 is 4.74 Å². The summed E-state index contributed by atoms with van der Waals surface area (Å²) in [6.07, 6.45) is 0.223. The molecule has 0 aliphatic carbocycles. The third-order valence-corrected chi connectivity index (χ3v) is 3.34. The lowest BCUT2D eigenvalue weighted by atomic mass is 10.1. The summed E-state index contributed by atoms with van der Waals surface area (Å²) in [7, 11) is 0. The van der Waals surface area contributed by atoms with E-state index in [0.29, 0.717) is 5.92 Å². The van der Waals surface area contributed by atoms with E-state index in [-0.39, 0.29) is 6.10 Å². The molecule has 1 nitrogen and oxygen atoms in total. The number of ether oxygens (including phenoxy) is 1. The van der Waals surface area contributed by atoms with E-state index in [9.17, 15) is 0 Å². The molecular formula is C12H16BrIO. The quantitative estimate of drug-likeness (QED) is 0.534. The predicted octanol–water partition coefficient (Wildman–Crippen LogP) is 4.60. The number of benzene rings is 1. The van der Waals surface area contributed by atoms with Crippen LogP contribution in [-0.2, 0) is 4.74 Å². The minimum atomic E-state index is 0.223. The van der Waals surface area contributed by atoms with Crippen molar-refractivity contribution in [3.05, 3.63) is 34.3 Å². The van der Waals surface area contributed by atoms with E-state index in [2.05, 4.69) is 76.6 Å². The maximum Gasteiger partial charge on any atom is 0.0914 e. The van der Waals surface area contributed by atoms with Crippen LogP contribution >= 0.6 is 38.5 Å². The molecular weight excluding hydrogens is 367 g/mol. The average molecular weight is 383 g/mol. The zero-order chi connectivity index (χ0) is 11.3. The standard InChI is InChI=1S/C12H16BrIO/c1-9(2)8-15-12(7-14)10-3-5-11(13)6-4-10/h3-6,9,12H,7-8H2,1-2H3. The summed E-state index contributed by atoms with van der Waals surface area (Å²) in [5, 5.41) is 0. The predicted molar refractivity (Wildman–Crippen MR) is 76.6 cm³/mol. The highest BCUT2D eigenvalue weighted by Gasteiger charge is 2.10. The lowest BCUT2D eigenvalue weighted by Crippen LogP contribution is -2.10. The van der Waals surface area contributed by atoms with Gasteiger partial charge in [-0.2, -0.15) is 0 Å². The highest BCUT2D eigenvalue weighted by molar-refractivity contribution is 14.1. The fraction of sp³-hybridized carbons (Fsp3) is 0.500. The Morgan fingerprint density at radius 2 is 1.87 bits per heavy atom. The van der Waals surface area contributed by atoms with Crippen molar-refractivity contribution in [3.63, 3.8) is 0 Å². The summed E-state index contributed by atoms with van der Waals surface area (Å²) in [6.45, 7) is 5.17. The molecule has 0 bridgehead atoms. The van der Waals surface area contributed by atoms with Crippen LogP contribution in [-0.4, -0.2) is 11.0 Å². The van der Waals surface area contributed by atoms with E-state index in [1.54, 1.807) is 0 Å². The number of alkyl halides is 1. The summed E-state index contributed by atoms with van der Waals surface area (Å²) >= 11 is 5.81. The number of hydrogen-bond acceptors (Lipinski definition) is 1. The lowest BCUT2D eigenvalue weighted by Gasteiger charge is -2.17. The Hall–Kier alpha value is 0.390. The Labute approximate surface area is 114 Å². The molecule has 0 aliphatic heterocycles. The third kappa shape index (κ3) is 4.83. The highest BCUT2D eigenvalue weighted by atomic mass is 127. The van der Waals surface area contributed by atoms with Crippen LogP contribution in [0.5, 0.6) is 0 Å². The minimum Gasteiger partial charge on any atom is -0.372 e. The maximum atomic E-state index is 5.86. The molecule has 84 valence electrons. The zero-order valence-corrected chi connectivity index (χ0v) is 12.8. The number of halogens is 2. The lowest BCUT2D eigenvalue weighted by molar-refractivity contribution is 0.0518. The van der Waals surface area contributed by atoms with Crippen molar-refractivity contribution >= 4 is 38.5 Å². The van der Waals surface area contributed by atoms with Gasteiger partial charge < -0.3 is 4.74 Å². The monoisotopic (exact) mass is 382 g/mol. The molecule has 1 atom stereocenters. The van der Waals surface area contributed by atoms with Gasteiger partial charge in [-0.05, 0) is 23.6 Å². The van der Waals surface area contributed by atoms with Crippen LogP contribution in [0.2, 0.25) is 0 Å². The summed E-state index contributed by atoms with van der Waals surface area (Å²) in [4.78, 5) is 0. The molecule has 0 saturated carbocycles. The van der Waals surface area contributed by atoms with Crippen molar-refractivity contribution in [2.75, 3.05) is 11.0 Å². The first-order valence-corrected chi connectivity index (χ1v) is 7.38. The SMILES string of the molecule is CC(C)COC(CI)c1ccc(Br)cc1. The Morgan fingerprint density at radius 1 is 1.27 bits per heavy atom. The third-order valence-electron chi connectivity index (χ3n) is 2.01. The smallest absolute Gasteiger partial charge is 0.0914 e. The summed E-state index contributed by atoms with van der Waals surface area (Å²) in [5.41, 5.74) is 1.26. The van der Waals surface area contributed by atoms with Gasteiger partial charge in [0.1, 0.15) is 0 Å². The first-order valence-electron chi connectivity index (χ1n) is 5.06. The van der Waals surface area contributed by atoms with Crippen LogP contribution < -0.4 is 0 Å². The molecule has 1 rings (SSSR count). The van der Waals surface area contributed by atoms with Crippen molar-refractivity contribution in [1.82, 2.24) is 0 Å². The second-order valence-electron chi connectivity index (χ2n) is 3.92. The van der Waals surface area contributed by atoms with Crippen LogP contribution in [0.1, 0.15) is 25.5 Å². The van der Waals surface area contributed by atoms with Gasteiger partial charge in [-0.1, -0.05) is 64.5 Å². The second-order valence-corrected chi connectivity index (χ2v) is 5.72. The molecule has 0 saturated heterocycles. The van der Waals surface area contributed by atoms with E-state index < -0.39 is 0 Å². The average Bonchev–Trinajstić information content (AvgIpc) is 2.21. The molecule has 0 heterocycles. The number of hydrogen-bond donors (Lipinski definition) is 0. The molecule has 1 unspecified atom stereocenters.